The molecular formula is C12H19N5O. The van der Waals surface area contributed by atoms with Crippen LogP contribution in [-0.2, 0) is 4.79 Å². The number of hydrogen-bond donors (Lipinski definition) is 2. The highest BCUT2D eigenvalue weighted by Crippen LogP contribution is 2.12. The molecule has 1 fully saturated rings. The molecular weight excluding hydrogens is 230 g/mol. The number of nitrogens with zero attached hydrogens (tertiary/aromatic N) is 3. The van der Waals surface area contributed by atoms with Gasteiger partial charge in [0.15, 0.2) is 0 Å². The van der Waals surface area contributed by atoms with E-state index < -0.39 is 0 Å². The average Bonchev–Trinajstić information content (AvgIpc) is 2.46. The maximum Gasteiger partial charge on any atom is 0.235 e. The molecule has 0 aliphatic carbocycles. The molecule has 0 aromatic carbocycles. The van der Waals surface area contributed by atoms with Crippen molar-refractivity contribution < 1.29 is 4.79 Å². The van der Waals surface area contributed by atoms with Crippen molar-refractivity contribution in [3.05, 3.63) is 24.4 Å². The summed E-state index contributed by atoms with van der Waals surface area (Å²) in [4.78, 5) is 19.9. The van der Waals surface area contributed by atoms with E-state index in [0.29, 0.717) is 6.42 Å². The van der Waals surface area contributed by atoms with Gasteiger partial charge in [-0.1, -0.05) is 6.07 Å². The summed E-state index contributed by atoms with van der Waals surface area (Å²) in [6, 6.07) is 5.95. The lowest BCUT2D eigenvalue weighted by molar-refractivity contribution is -0.121. The fourth-order valence-electron chi connectivity index (χ4n) is 2.07. The van der Waals surface area contributed by atoms with Crippen molar-refractivity contribution in [2.75, 3.05) is 37.6 Å². The van der Waals surface area contributed by atoms with Crippen molar-refractivity contribution in [1.29, 1.82) is 0 Å². The van der Waals surface area contributed by atoms with Gasteiger partial charge in [0.25, 0.3) is 0 Å². The molecule has 2 heterocycles. The molecule has 0 saturated carbocycles. The van der Waals surface area contributed by atoms with Crippen molar-refractivity contribution in [2.45, 2.75) is 6.42 Å². The third kappa shape index (κ3) is 3.41. The SMILES string of the molecule is NNC(=O)CCN1CCN(c2ccccn2)CC1. The molecule has 2 rings (SSSR count). The summed E-state index contributed by atoms with van der Waals surface area (Å²) in [5, 5.41) is 0. The second-order valence-electron chi connectivity index (χ2n) is 4.33. The highest BCUT2D eigenvalue weighted by molar-refractivity contribution is 5.75. The molecule has 18 heavy (non-hydrogen) atoms. The predicted octanol–water partition coefficient (Wildman–Crippen LogP) is -0.416. The number of rotatable bonds is 4. The van der Waals surface area contributed by atoms with Gasteiger partial charge in [-0.25, -0.2) is 10.8 Å². The molecule has 98 valence electrons. The third-order valence-corrected chi connectivity index (χ3v) is 3.16. The Morgan fingerprint density at radius 2 is 2.11 bits per heavy atom. The number of hydrogen-bond acceptors (Lipinski definition) is 5. The first kappa shape index (κ1) is 12.8. The van der Waals surface area contributed by atoms with Gasteiger partial charge in [0.2, 0.25) is 5.91 Å². The standard InChI is InChI=1S/C12H19N5O/c13-15-12(18)4-6-16-7-9-17(10-8-16)11-3-1-2-5-14-11/h1-3,5H,4,6-10,13H2,(H,15,18). The smallest absolute Gasteiger partial charge is 0.235 e. The summed E-state index contributed by atoms with van der Waals surface area (Å²) >= 11 is 0. The molecule has 0 spiro atoms. The Balaban J connectivity index is 1.76. The van der Waals surface area contributed by atoms with Crippen LogP contribution in [0.25, 0.3) is 0 Å². The molecule has 1 aromatic rings. The summed E-state index contributed by atoms with van der Waals surface area (Å²) in [7, 11) is 0. The van der Waals surface area contributed by atoms with Crippen LogP contribution < -0.4 is 16.2 Å². The lowest BCUT2D eigenvalue weighted by atomic mass is 10.2. The molecule has 6 heteroatoms. The molecule has 1 aliphatic heterocycles. The van der Waals surface area contributed by atoms with Gasteiger partial charge in [-0.3, -0.25) is 15.1 Å². The van der Waals surface area contributed by atoms with Crippen LogP contribution in [0.2, 0.25) is 0 Å². The highest BCUT2D eigenvalue weighted by Gasteiger charge is 2.17. The number of nitrogens with two attached hydrogens (primary N) is 1. The Labute approximate surface area is 107 Å². The van der Waals surface area contributed by atoms with E-state index in [0.717, 1.165) is 38.5 Å². The topological polar surface area (TPSA) is 74.5 Å². The Bertz CT molecular complexity index is 375. The number of nitrogens with one attached hydrogen (secondary N) is 1. The first-order chi connectivity index (χ1) is 8.79. The number of hydrazine groups is 1. The molecule has 1 aromatic heterocycles. The predicted molar refractivity (Wildman–Crippen MR) is 69.8 cm³/mol. The van der Waals surface area contributed by atoms with E-state index in [1.807, 2.05) is 24.4 Å². The van der Waals surface area contributed by atoms with E-state index in [-0.39, 0.29) is 5.91 Å². The normalized spacial score (nSPS) is 16.6. The maximum absolute atomic E-state index is 11.1. The van der Waals surface area contributed by atoms with E-state index in [9.17, 15) is 4.79 Å². The van der Waals surface area contributed by atoms with E-state index in [2.05, 4.69) is 20.2 Å². The Hall–Kier alpha value is -1.66. The minimum Gasteiger partial charge on any atom is -0.354 e. The van der Waals surface area contributed by atoms with Gasteiger partial charge in [0.1, 0.15) is 5.82 Å². The zero-order valence-corrected chi connectivity index (χ0v) is 10.4. The van der Waals surface area contributed by atoms with Crippen LogP contribution in [0.4, 0.5) is 5.82 Å². The van der Waals surface area contributed by atoms with Crippen LogP contribution >= 0.6 is 0 Å². The van der Waals surface area contributed by atoms with Crippen molar-refractivity contribution in [3.8, 4) is 0 Å². The van der Waals surface area contributed by atoms with E-state index in [1.54, 1.807) is 0 Å². The van der Waals surface area contributed by atoms with Gasteiger partial charge >= 0.3 is 0 Å². The summed E-state index contributed by atoms with van der Waals surface area (Å²) in [6.07, 6.45) is 2.27. The molecule has 0 radical (unpaired) electrons. The maximum atomic E-state index is 11.1. The van der Waals surface area contributed by atoms with Gasteiger partial charge < -0.3 is 4.90 Å². The van der Waals surface area contributed by atoms with Gasteiger partial charge in [0, 0.05) is 45.3 Å². The zero-order valence-electron chi connectivity index (χ0n) is 10.4. The van der Waals surface area contributed by atoms with Crippen LogP contribution in [0.5, 0.6) is 0 Å². The number of carbonyl (C=O) groups is 1. The number of pyridine rings is 1. The molecule has 6 nitrogen and oxygen atoms in total. The number of piperazine rings is 1. The fourth-order valence-corrected chi connectivity index (χ4v) is 2.07. The van der Waals surface area contributed by atoms with Gasteiger partial charge in [-0.15, -0.1) is 0 Å². The Morgan fingerprint density at radius 1 is 1.33 bits per heavy atom. The van der Waals surface area contributed by atoms with Crippen LogP contribution in [0, 0.1) is 0 Å². The lowest BCUT2D eigenvalue weighted by Crippen LogP contribution is -2.47. The highest BCUT2D eigenvalue weighted by atomic mass is 16.2. The summed E-state index contributed by atoms with van der Waals surface area (Å²) < 4.78 is 0. The number of carbonyl (C=O) groups excluding carboxylic acids is 1. The van der Waals surface area contributed by atoms with Gasteiger partial charge in [-0.2, -0.15) is 0 Å². The minimum absolute atomic E-state index is 0.109. The zero-order chi connectivity index (χ0) is 12.8. The summed E-state index contributed by atoms with van der Waals surface area (Å²) in [5.74, 6) is 5.97. The fraction of sp³-hybridized carbons (Fsp3) is 0.500. The van der Waals surface area contributed by atoms with E-state index >= 15 is 0 Å². The molecule has 0 unspecified atom stereocenters. The molecule has 1 saturated heterocycles. The molecule has 0 atom stereocenters. The molecule has 1 amide bonds. The average molecular weight is 249 g/mol. The summed E-state index contributed by atoms with van der Waals surface area (Å²) in [5.41, 5.74) is 2.15. The first-order valence-electron chi connectivity index (χ1n) is 6.17. The van der Waals surface area contributed by atoms with Crippen LogP contribution in [0.15, 0.2) is 24.4 Å². The van der Waals surface area contributed by atoms with Crippen LogP contribution in [0.1, 0.15) is 6.42 Å². The molecule has 0 bridgehead atoms. The Morgan fingerprint density at radius 3 is 2.72 bits per heavy atom. The number of aromatic nitrogens is 1. The van der Waals surface area contributed by atoms with Crippen molar-refractivity contribution >= 4 is 11.7 Å². The number of amides is 1. The summed E-state index contributed by atoms with van der Waals surface area (Å²) in [6.45, 7) is 4.56. The monoisotopic (exact) mass is 249 g/mol. The molecule has 3 N–H and O–H groups in total. The quantitative estimate of drug-likeness (QED) is 0.431. The van der Waals surface area contributed by atoms with Gasteiger partial charge in [0.05, 0.1) is 0 Å². The molecule has 1 aliphatic rings. The van der Waals surface area contributed by atoms with Crippen LogP contribution in [0.3, 0.4) is 0 Å². The van der Waals surface area contributed by atoms with Gasteiger partial charge in [-0.05, 0) is 12.1 Å². The van der Waals surface area contributed by atoms with Crippen molar-refractivity contribution in [2.24, 2.45) is 5.84 Å². The Kier molecular flexibility index (Phi) is 4.49. The minimum atomic E-state index is -0.109. The largest absolute Gasteiger partial charge is 0.354 e. The van der Waals surface area contributed by atoms with Crippen molar-refractivity contribution in [3.63, 3.8) is 0 Å². The van der Waals surface area contributed by atoms with E-state index in [1.165, 1.54) is 0 Å². The van der Waals surface area contributed by atoms with E-state index in [4.69, 9.17) is 5.84 Å². The van der Waals surface area contributed by atoms with Crippen molar-refractivity contribution in [1.82, 2.24) is 15.3 Å². The number of anilines is 1. The first-order valence-corrected chi connectivity index (χ1v) is 6.17. The third-order valence-electron chi connectivity index (χ3n) is 3.16. The second kappa shape index (κ2) is 6.32. The lowest BCUT2D eigenvalue weighted by Gasteiger charge is -2.35. The van der Waals surface area contributed by atoms with Crippen LogP contribution in [-0.4, -0.2) is 48.5 Å². The second-order valence-corrected chi connectivity index (χ2v) is 4.33.